The molecular weight excluding hydrogens is 298 g/mol. The Kier molecular flexibility index (Phi) is 4.56. The highest BCUT2D eigenvalue weighted by molar-refractivity contribution is 6.34. The van der Waals surface area contributed by atoms with Crippen molar-refractivity contribution in [2.75, 3.05) is 12.4 Å². The zero-order valence-electron chi connectivity index (χ0n) is 11.0. The summed E-state index contributed by atoms with van der Waals surface area (Å²) in [6, 6.07) is 4.98. The van der Waals surface area contributed by atoms with Crippen LogP contribution in [0.3, 0.4) is 0 Å². The summed E-state index contributed by atoms with van der Waals surface area (Å²) in [6.45, 7) is 0.209. The van der Waals surface area contributed by atoms with Gasteiger partial charge >= 0.3 is 5.97 Å². The summed E-state index contributed by atoms with van der Waals surface area (Å²) in [5.41, 5.74) is 0.626. The van der Waals surface area contributed by atoms with E-state index in [-0.39, 0.29) is 28.6 Å². The number of anilines is 1. The Morgan fingerprint density at radius 1 is 1.48 bits per heavy atom. The first-order chi connectivity index (χ1) is 10.0. The van der Waals surface area contributed by atoms with Gasteiger partial charge in [0.2, 0.25) is 0 Å². The zero-order valence-corrected chi connectivity index (χ0v) is 11.8. The fraction of sp³-hybridized carbons (Fsp3) is 0.154. The Morgan fingerprint density at radius 3 is 2.90 bits per heavy atom. The summed E-state index contributed by atoms with van der Waals surface area (Å²) in [7, 11) is 1.50. The van der Waals surface area contributed by atoms with Crippen LogP contribution in [0.25, 0.3) is 0 Å². The third-order valence-electron chi connectivity index (χ3n) is 2.72. The van der Waals surface area contributed by atoms with Gasteiger partial charge < -0.3 is 15.2 Å². The molecule has 2 rings (SSSR count). The van der Waals surface area contributed by atoms with E-state index < -0.39 is 11.9 Å². The number of rotatable bonds is 5. The van der Waals surface area contributed by atoms with E-state index in [1.165, 1.54) is 13.3 Å². The number of H-pyrrole nitrogens is 1. The van der Waals surface area contributed by atoms with E-state index in [2.05, 4.69) is 15.5 Å². The van der Waals surface area contributed by atoms with E-state index in [0.29, 0.717) is 5.56 Å². The molecule has 0 bridgehead atoms. The number of benzene rings is 1. The summed E-state index contributed by atoms with van der Waals surface area (Å²) in [5.74, 6) is -1.78. The lowest BCUT2D eigenvalue weighted by Crippen LogP contribution is -2.17. The van der Waals surface area contributed by atoms with E-state index in [4.69, 9.17) is 21.4 Å². The number of aromatic carboxylic acids is 1. The molecule has 0 aliphatic carbocycles. The number of nitrogens with zero attached hydrogens (tertiary/aromatic N) is 1. The summed E-state index contributed by atoms with van der Waals surface area (Å²) in [4.78, 5) is 23.3. The van der Waals surface area contributed by atoms with Crippen molar-refractivity contribution in [1.29, 1.82) is 0 Å². The number of amides is 1. The first-order valence-corrected chi connectivity index (χ1v) is 6.27. The summed E-state index contributed by atoms with van der Waals surface area (Å²) in [6.07, 6.45) is 1.29. The number of carbonyl (C=O) groups is 2. The SMILES string of the molecule is COCc1cccc(Cl)c1C(=O)Nc1c[nH]nc1C(=O)O. The Morgan fingerprint density at radius 2 is 2.24 bits per heavy atom. The number of methoxy groups -OCH3 is 1. The van der Waals surface area contributed by atoms with E-state index in [1.807, 2.05) is 0 Å². The van der Waals surface area contributed by atoms with Gasteiger partial charge in [-0.15, -0.1) is 0 Å². The first-order valence-electron chi connectivity index (χ1n) is 5.89. The number of ether oxygens (including phenoxy) is 1. The molecular formula is C13H12ClN3O4. The van der Waals surface area contributed by atoms with Gasteiger partial charge in [0.1, 0.15) is 0 Å². The van der Waals surface area contributed by atoms with E-state index in [9.17, 15) is 9.59 Å². The highest BCUT2D eigenvalue weighted by Crippen LogP contribution is 2.23. The minimum atomic E-state index is -1.25. The number of carbonyl (C=O) groups excluding carboxylic acids is 1. The smallest absolute Gasteiger partial charge is 0.358 e. The molecule has 0 radical (unpaired) electrons. The molecule has 3 N–H and O–H groups in total. The minimum absolute atomic E-state index is 0.0655. The molecule has 1 aromatic heterocycles. The number of aromatic nitrogens is 2. The lowest BCUT2D eigenvalue weighted by molar-refractivity contribution is 0.0691. The number of aromatic amines is 1. The Balaban J connectivity index is 2.32. The normalized spacial score (nSPS) is 10.4. The van der Waals surface area contributed by atoms with E-state index >= 15 is 0 Å². The van der Waals surface area contributed by atoms with Gasteiger partial charge in [0.05, 0.1) is 22.9 Å². The zero-order chi connectivity index (χ0) is 15.4. The van der Waals surface area contributed by atoms with Crippen LogP contribution in [0.15, 0.2) is 24.4 Å². The quantitative estimate of drug-likeness (QED) is 0.785. The topological polar surface area (TPSA) is 104 Å². The number of hydrogen-bond donors (Lipinski definition) is 3. The van der Waals surface area contributed by atoms with Gasteiger partial charge in [0, 0.05) is 13.3 Å². The molecule has 110 valence electrons. The Labute approximate surface area is 124 Å². The monoisotopic (exact) mass is 309 g/mol. The van der Waals surface area contributed by atoms with Crippen LogP contribution in [0.2, 0.25) is 5.02 Å². The van der Waals surface area contributed by atoms with Crippen molar-refractivity contribution in [2.45, 2.75) is 6.61 Å². The highest BCUT2D eigenvalue weighted by Gasteiger charge is 2.20. The molecule has 1 aromatic carbocycles. The van der Waals surface area contributed by atoms with Gasteiger partial charge in [-0.3, -0.25) is 9.89 Å². The molecule has 0 saturated heterocycles. The van der Waals surface area contributed by atoms with Crippen LogP contribution in [0.5, 0.6) is 0 Å². The maximum atomic E-state index is 12.3. The summed E-state index contributed by atoms with van der Waals surface area (Å²) in [5, 5.41) is 17.6. The van der Waals surface area contributed by atoms with Crippen LogP contribution < -0.4 is 5.32 Å². The van der Waals surface area contributed by atoms with E-state index in [1.54, 1.807) is 18.2 Å². The fourth-order valence-electron chi connectivity index (χ4n) is 1.83. The maximum Gasteiger partial charge on any atom is 0.358 e. The highest BCUT2D eigenvalue weighted by atomic mass is 35.5. The molecule has 0 fully saturated rings. The van der Waals surface area contributed by atoms with Crippen LogP contribution in [-0.2, 0) is 11.3 Å². The Hall–Kier alpha value is -2.38. The molecule has 0 atom stereocenters. The average Bonchev–Trinajstić information content (AvgIpc) is 2.87. The van der Waals surface area contributed by atoms with Gasteiger partial charge in [0.15, 0.2) is 5.69 Å². The fourth-order valence-corrected chi connectivity index (χ4v) is 2.11. The molecule has 0 spiro atoms. The van der Waals surface area contributed by atoms with Crippen molar-refractivity contribution >= 4 is 29.2 Å². The molecule has 0 aliphatic heterocycles. The molecule has 21 heavy (non-hydrogen) atoms. The first kappa shape index (κ1) is 15.0. The van der Waals surface area contributed by atoms with Gasteiger partial charge in [-0.1, -0.05) is 23.7 Å². The second-order valence-electron chi connectivity index (χ2n) is 4.11. The third-order valence-corrected chi connectivity index (χ3v) is 3.03. The van der Waals surface area contributed by atoms with Crippen molar-refractivity contribution in [3.8, 4) is 0 Å². The molecule has 1 amide bonds. The van der Waals surface area contributed by atoms with Gasteiger partial charge in [-0.25, -0.2) is 4.79 Å². The third kappa shape index (κ3) is 3.21. The van der Waals surface area contributed by atoms with Crippen molar-refractivity contribution in [3.05, 3.63) is 46.2 Å². The van der Waals surface area contributed by atoms with Crippen LogP contribution in [0, 0.1) is 0 Å². The van der Waals surface area contributed by atoms with Gasteiger partial charge in [-0.05, 0) is 11.6 Å². The lowest BCUT2D eigenvalue weighted by Gasteiger charge is -2.10. The molecule has 0 aliphatic rings. The molecule has 8 heteroatoms. The minimum Gasteiger partial charge on any atom is -0.476 e. The van der Waals surface area contributed by atoms with Gasteiger partial charge in [0.25, 0.3) is 5.91 Å². The van der Waals surface area contributed by atoms with Crippen LogP contribution >= 0.6 is 11.6 Å². The second kappa shape index (κ2) is 6.38. The summed E-state index contributed by atoms with van der Waals surface area (Å²) < 4.78 is 5.02. The standard InChI is InChI=1S/C13H12ClN3O4/c1-21-6-7-3-2-4-8(14)10(7)12(18)16-9-5-15-17-11(9)13(19)20/h2-5H,6H2,1H3,(H,15,17)(H,16,18)(H,19,20). The van der Waals surface area contributed by atoms with Gasteiger partial charge in [-0.2, -0.15) is 5.10 Å². The van der Waals surface area contributed by atoms with Crippen molar-refractivity contribution in [3.63, 3.8) is 0 Å². The maximum absolute atomic E-state index is 12.3. The largest absolute Gasteiger partial charge is 0.476 e. The number of nitrogens with one attached hydrogen (secondary N) is 2. The lowest BCUT2D eigenvalue weighted by atomic mass is 10.1. The number of hydrogen-bond acceptors (Lipinski definition) is 4. The number of carboxylic acids is 1. The molecule has 7 nitrogen and oxygen atoms in total. The van der Waals surface area contributed by atoms with E-state index in [0.717, 1.165) is 0 Å². The van der Waals surface area contributed by atoms with Crippen LogP contribution in [0.1, 0.15) is 26.4 Å². The van der Waals surface area contributed by atoms with Crippen molar-refractivity contribution in [1.82, 2.24) is 10.2 Å². The van der Waals surface area contributed by atoms with Crippen LogP contribution in [-0.4, -0.2) is 34.3 Å². The predicted molar refractivity (Wildman–Crippen MR) is 75.7 cm³/mol. The number of carboxylic acid groups (broad SMARTS) is 1. The molecule has 0 unspecified atom stereocenters. The molecule has 2 aromatic rings. The molecule has 1 heterocycles. The predicted octanol–water partition coefficient (Wildman–Crippen LogP) is 2.16. The van der Waals surface area contributed by atoms with Crippen molar-refractivity contribution < 1.29 is 19.4 Å². The number of halogens is 1. The molecule has 0 saturated carbocycles. The Bertz CT molecular complexity index is 684. The average molecular weight is 310 g/mol. The second-order valence-corrected chi connectivity index (χ2v) is 4.52. The summed E-state index contributed by atoms with van der Waals surface area (Å²) >= 11 is 6.05. The van der Waals surface area contributed by atoms with Crippen molar-refractivity contribution in [2.24, 2.45) is 0 Å². The van der Waals surface area contributed by atoms with Crippen LogP contribution in [0.4, 0.5) is 5.69 Å².